The molecule has 3 atom stereocenters. The molecule has 1 saturated carbocycles. The van der Waals surface area contributed by atoms with Gasteiger partial charge in [0.2, 0.25) is 0 Å². The largest absolute Gasteiger partial charge is 0.299 e. The van der Waals surface area contributed by atoms with Crippen molar-refractivity contribution in [1.29, 1.82) is 0 Å². The van der Waals surface area contributed by atoms with Crippen LogP contribution in [0.25, 0.3) is 0 Å². The Morgan fingerprint density at radius 1 is 1.14 bits per heavy atom. The third kappa shape index (κ3) is 4.44. The normalized spacial score (nSPS) is 25.4. The standard InChI is InChI=1S/C21H32O/c1-5-6-17-8-10-18(11-9-17)14-21(22)20-13-16(4)7-12-19(20)15(2)3/h8-11,15-16,19-20H,5-7,12-14H2,1-4H3/t16-,19+,20-/m1/s1. The maximum absolute atomic E-state index is 12.8. The van der Waals surface area contributed by atoms with Crippen LogP contribution in [0.2, 0.25) is 0 Å². The molecule has 0 amide bonds. The van der Waals surface area contributed by atoms with E-state index in [1.807, 2.05) is 0 Å². The van der Waals surface area contributed by atoms with Gasteiger partial charge in [0.1, 0.15) is 5.78 Å². The first-order valence-corrected chi connectivity index (χ1v) is 9.11. The maximum atomic E-state index is 12.8. The summed E-state index contributed by atoms with van der Waals surface area (Å²) in [6, 6.07) is 8.68. The minimum absolute atomic E-state index is 0.277. The van der Waals surface area contributed by atoms with Gasteiger partial charge in [-0.15, -0.1) is 0 Å². The van der Waals surface area contributed by atoms with Crippen molar-refractivity contribution in [3.8, 4) is 0 Å². The average molecular weight is 300 g/mol. The Morgan fingerprint density at radius 2 is 1.77 bits per heavy atom. The zero-order valence-corrected chi connectivity index (χ0v) is 14.8. The van der Waals surface area contributed by atoms with Gasteiger partial charge < -0.3 is 0 Å². The molecule has 0 aliphatic heterocycles. The Bertz CT molecular complexity index is 471. The summed E-state index contributed by atoms with van der Waals surface area (Å²) in [5, 5.41) is 0. The van der Waals surface area contributed by atoms with Gasteiger partial charge in [0.15, 0.2) is 0 Å². The maximum Gasteiger partial charge on any atom is 0.140 e. The minimum atomic E-state index is 0.277. The van der Waals surface area contributed by atoms with Crippen molar-refractivity contribution < 1.29 is 4.79 Å². The highest BCUT2D eigenvalue weighted by Crippen LogP contribution is 2.38. The zero-order valence-electron chi connectivity index (χ0n) is 14.8. The van der Waals surface area contributed by atoms with Crippen molar-refractivity contribution in [2.45, 2.75) is 66.2 Å². The van der Waals surface area contributed by atoms with Gasteiger partial charge in [-0.25, -0.2) is 0 Å². The van der Waals surface area contributed by atoms with Crippen molar-refractivity contribution in [3.63, 3.8) is 0 Å². The minimum Gasteiger partial charge on any atom is -0.299 e. The number of rotatable bonds is 6. The van der Waals surface area contributed by atoms with Crippen LogP contribution in [0.3, 0.4) is 0 Å². The quantitative estimate of drug-likeness (QED) is 0.682. The lowest BCUT2D eigenvalue weighted by molar-refractivity contribution is -0.126. The molecule has 0 spiro atoms. The van der Waals surface area contributed by atoms with Crippen LogP contribution < -0.4 is 0 Å². The number of carbonyl (C=O) groups excluding carboxylic acids is 1. The van der Waals surface area contributed by atoms with Crippen molar-refractivity contribution in [2.24, 2.45) is 23.7 Å². The van der Waals surface area contributed by atoms with E-state index in [0.29, 0.717) is 30.0 Å². The summed E-state index contributed by atoms with van der Waals surface area (Å²) in [5.41, 5.74) is 2.57. The number of hydrogen-bond acceptors (Lipinski definition) is 1. The van der Waals surface area contributed by atoms with E-state index in [4.69, 9.17) is 0 Å². The molecule has 1 aliphatic rings. The van der Waals surface area contributed by atoms with E-state index in [0.717, 1.165) is 12.8 Å². The molecule has 1 aromatic carbocycles. The lowest BCUT2D eigenvalue weighted by Gasteiger charge is -2.36. The highest BCUT2D eigenvalue weighted by Gasteiger charge is 2.34. The Morgan fingerprint density at radius 3 is 2.36 bits per heavy atom. The lowest BCUT2D eigenvalue weighted by atomic mass is 9.68. The lowest BCUT2D eigenvalue weighted by Crippen LogP contribution is -2.34. The Balaban J connectivity index is 2.02. The predicted molar refractivity (Wildman–Crippen MR) is 94.0 cm³/mol. The van der Waals surface area contributed by atoms with Gasteiger partial charge in [-0.1, -0.05) is 64.8 Å². The molecule has 0 N–H and O–H groups in total. The van der Waals surface area contributed by atoms with E-state index in [1.165, 1.54) is 30.4 Å². The van der Waals surface area contributed by atoms with Gasteiger partial charge in [0, 0.05) is 12.3 Å². The van der Waals surface area contributed by atoms with Crippen LogP contribution in [0.15, 0.2) is 24.3 Å². The molecule has 0 unspecified atom stereocenters. The van der Waals surface area contributed by atoms with Crippen molar-refractivity contribution in [2.75, 3.05) is 0 Å². The summed E-state index contributed by atoms with van der Waals surface area (Å²) in [4.78, 5) is 12.8. The van der Waals surface area contributed by atoms with Gasteiger partial charge in [0.25, 0.3) is 0 Å². The van der Waals surface area contributed by atoms with Gasteiger partial charge >= 0.3 is 0 Å². The molecule has 0 saturated heterocycles. The van der Waals surface area contributed by atoms with E-state index in [2.05, 4.69) is 52.0 Å². The second-order valence-corrected chi connectivity index (χ2v) is 7.64. The molecule has 22 heavy (non-hydrogen) atoms. The number of benzene rings is 1. The molecule has 1 nitrogen and oxygen atoms in total. The van der Waals surface area contributed by atoms with Gasteiger partial charge in [-0.05, 0) is 48.1 Å². The van der Waals surface area contributed by atoms with E-state index < -0.39 is 0 Å². The summed E-state index contributed by atoms with van der Waals surface area (Å²) in [6.45, 7) is 9.06. The first-order chi connectivity index (χ1) is 10.5. The molecule has 2 rings (SSSR count). The van der Waals surface area contributed by atoms with Crippen LogP contribution >= 0.6 is 0 Å². The highest BCUT2D eigenvalue weighted by molar-refractivity contribution is 5.83. The second-order valence-electron chi connectivity index (χ2n) is 7.64. The Kier molecular flexibility index (Phi) is 6.23. The fraction of sp³-hybridized carbons (Fsp3) is 0.667. The third-order valence-electron chi connectivity index (χ3n) is 5.38. The monoisotopic (exact) mass is 300 g/mol. The summed E-state index contributed by atoms with van der Waals surface area (Å²) in [6.07, 6.45) is 6.53. The van der Waals surface area contributed by atoms with E-state index in [1.54, 1.807) is 0 Å². The molecular weight excluding hydrogens is 268 g/mol. The van der Waals surface area contributed by atoms with E-state index >= 15 is 0 Å². The first kappa shape index (κ1) is 17.2. The summed E-state index contributed by atoms with van der Waals surface area (Å²) in [5.74, 6) is 2.65. The predicted octanol–water partition coefficient (Wildman–Crippen LogP) is 5.46. The molecule has 1 fully saturated rings. The zero-order chi connectivity index (χ0) is 16.1. The van der Waals surface area contributed by atoms with E-state index in [9.17, 15) is 4.79 Å². The van der Waals surface area contributed by atoms with Crippen LogP contribution in [0.4, 0.5) is 0 Å². The molecule has 1 aliphatic carbocycles. The second kappa shape index (κ2) is 7.94. The number of carbonyl (C=O) groups is 1. The third-order valence-corrected chi connectivity index (χ3v) is 5.38. The van der Waals surface area contributed by atoms with E-state index in [-0.39, 0.29) is 5.92 Å². The number of hydrogen-bond donors (Lipinski definition) is 0. The van der Waals surface area contributed by atoms with Crippen molar-refractivity contribution in [3.05, 3.63) is 35.4 Å². The summed E-state index contributed by atoms with van der Waals surface area (Å²) < 4.78 is 0. The highest BCUT2D eigenvalue weighted by atomic mass is 16.1. The average Bonchev–Trinajstić information content (AvgIpc) is 2.49. The smallest absolute Gasteiger partial charge is 0.140 e. The number of aryl methyl sites for hydroxylation is 1. The Labute approximate surface area is 136 Å². The van der Waals surface area contributed by atoms with Crippen molar-refractivity contribution in [1.82, 2.24) is 0 Å². The van der Waals surface area contributed by atoms with Gasteiger partial charge in [0.05, 0.1) is 0 Å². The Hall–Kier alpha value is -1.11. The fourth-order valence-corrected chi connectivity index (χ4v) is 4.02. The van der Waals surface area contributed by atoms with Gasteiger partial charge in [-0.3, -0.25) is 4.79 Å². The summed E-state index contributed by atoms with van der Waals surface area (Å²) >= 11 is 0. The molecule has 0 heterocycles. The van der Waals surface area contributed by atoms with Crippen LogP contribution in [-0.4, -0.2) is 5.78 Å². The van der Waals surface area contributed by atoms with Crippen LogP contribution in [0.1, 0.15) is 64.5 Å². The summed E-state index contributed by atoms with van der Waals surface area (Å²) in [7, 11) is 0. The number of ketones is 1. The molecule has 1 aromatic rings. The SMILES string of the molecule is CCCc1ccc(CC(=O)[C@@H]2C[C@H](C)CC[C@H]2C(C)C)cc1. The van der Waals surface area contributed by atoms with Crippen LogP contribution in [0, 0.1) is 23.7 Å². The topological polar surface area (TPSA) is 17.1 Å². The molecule has 0 bridgehead atoms. The fourth-order valence-electron chi connectivity index (χ4n) is 4.02. The first-order valence-electron chi connectivity index (χ1n) is 9.11. The van der Waals surface area contributed by atoms with Crippen LogP contribution in [0.5, 0.6) is 0 Å². The molecule has 0 radical (unpaired) electrons. The molecule has 122 valence electrons. The van der Waals surface area contributed by atoms with Crippen molar-refractivity contribution >= 4 is 5.78 Å². The molecular formula is C21H32O. The van der Waals surface area contributed by atoms with Crippen LogP contribution in [-0.2, 0) is 17.6 Å². The van der Waals surface area contributed by atoms with Gasteiger partial charge in [-0.2, -0.15) is 0 Å². The molecule has 1 heteroatoms. The molecule has 0 aromatic heterocycles. The number of Topliss-reactive ketones (excluding diaryl/α,β-unsaturated/α-hetero) is 1.